The molecule has 0 saturated carbocycles. The third-order valence-electron chi connectivity index (χ3n) is 2.06. The lowest BCUT2D eigenvalue weighted by molar-refractivity contribution is 0.580. The number of halogens is 1. The second kappa shape index (κ2) is 4.47. The fourth-order valence-electron chi connectivity index (χ4n) is 1.16. The highest BCUT2D eigenvalue weighted by atomic mass is 32.2. The second-order valence-electron chi connectivity index (χ2n) is 2.89. The highest BCUT2D eigenvalue weighted by Gasteiger charge is 2.10. The van der Waals surface area contributed by atoms with Crippen LogP contribution in [0.4, 0.5) is 4.39 Å². The second-order valence-corrected chi connectivity index (χ2v) is 3.74. The molecule has 0 fully saturated rings. The van der Waals surface area contributed by atoms with Crippen molar-refractivity contribution in [2.24, 2.45) is 0 Å². The molecule has 1 unspecified atom stereocenters. The highest BCUT2D eigenvalue weighted by molar-refractivity contribution is 7.98. The van der Waals surface area contributed by atoms with Crippen molar-refractivity contribution in [3.8, 4) is 0 Å². The van der Waals surface area contributed by atoms with Crippen molar-refractivity contribution in [3.05, 3.63) is 42.2 Å². The Morgan fingerprint density at radius 2 is 2.23 bits per heavy atom. The van der Waals surface area contributed by atoms with E-state index in [1.807, 2.05) is 19.2 Å². The van der Waals surface area contributed by atoms with Crippen molar-refractivity contribution >= 4 is 11.8 Å². The molecule has 0 spiro atoms. The Morgan fingerprint density at radius 1 is 1.54 bits per heavy atom. The molecule has 0 aliphatic carbocycles. The van der Waals surface area contributed by atoms with E-state index in [9.17, 15) is 4.39 Å². The summed E-state index contributed by atoms with van der Waals surface area (Å²) in [5, 5.41) is 0. The number of thioether (sulfide) groups is 1. The summed E-state index contributed by atoms with van der Waals surface area (Å²) >= 11 is 1.43. The topological polar surface area (TPSA) is 0 Å². The van der Waals surface area contributed by atoms with Crippen LogP contribution in [0.15, 0.2) is 35.7 Å². The molecule has 0 N–H and O–H groups in total. The van der Waals surface area contributed by atoms with Crippen LogP contribution in [0, 0.1) is 5.82 Å². The molecule has 1 aromatic rings. The van der Waals surface area contributed by atoms with E-state index in [0.717, 1.165) is 5.56 Å². The van der Waals surface area contributed by atoms with Crippen LogP contribution >= 0.6 is 11.8 Å². The van der Waals surface area contributed by atoms with Gasteiger partial charge in [-0.05, 0) is 17.9 Å². The molecule has 2 heteroatoms. The van der Waals surface area contributed by atoms with E-state index in [4.69, 9.17) is 0 Å². The molecule has 70 valence electrons. The zero-order valence-corrected chi connectivity index (χ0v) is 8.70. The lowest BCUT2D eigenvalue weighted by Crippen LogP contribution is -1.95. The third kappa shape index (κ3) is 2.13. The van der Waals surface area contributed by atoms with Gasteiger partial charge in [-0.1, -0.05) is 25.1 Å². The maximum absolute atomic E-state index is 13.6. The van der Waals surface area contributed by atoms with Crippen LogP contribution in [0.2, 0.25) is 0 Å². The first-order valence-electron chi connectivity index (χ1n) is 4.15. The minimum Gasteiger partial charge on any atom is -0.205 e. The summed E-state index contributed by atoms with van der Waals surface area (Å²) in [5.41, 5.74) is 0.724. The quantitative estimate of drug-likeness (QED) is 0.523. The first-order valence-corrected chi connectivity index (χ1v) is 5.38. The van der Waals surface area contributed by atoms with Gasteiger partial charge in [0.1, 0.15) is 5.82 Å². The van der Waals surface area contributed by atoms with Crippen LogP contribution in [0.1, 0.15) is 18.4 Å². The molecule has 1 rings (SSSR count). The van der Waals surface area contributed by atoms with Gasteiger partial charge in [-0.25, -0.2) is 4.39 Å². The van der Waals surface area contributed by atoms with Crippen molar-refractivity contribution in [2.45, 2.75) is 17.7 Å². The van der Waals surface area contributed by atoms with E-state index in [0.29, 0.717) is 4.90 Å². The molecule has 0 aliphatic rings. The summed E-state index contributed by atoms with van der Waals surface area (Å²) in [6.07, 6.45) is 3.63. The van der Waals surface area contributed by atoms with Crippen LogP contribution in [0.3, 0.4) is 0 Å². The van der Waals surface area contributed by atoms with Crippen LogP contribution in [0.5, 0.6) is 0 Å². The molecule has 0 amide bonds. The first-order chi connectivity index (χ1) is 6.20. The van der Waals surface area contributed by atoms with Crippen LogP contribution in [-0.2, 0) is 0 Å². The van der Waals surface area contributed by atoms with Gasteiger partial charge in [0, 0.05) is 10.8 Å². The summed E-state index contributed by atoms with van der Waals surface area (Å²) in [7, 11) is 0. The number of rotatable bonds is 3. The number of allylic oxidation sites excluding steroid dienone is 1. The smallest absolute Gasteiger partial charge is 0.140 e. The van der Waals surface area contributed by atoms with E-state index >= 15 is 0 Å². The Bertz CT molecular complexity index is 307. The van der Waals surface area contributed by atoms with Crippen molar-refractivity contribution in [1.82, 2.24) is 0 Å². The van der Waals surface area contributed by atoms with Crippen molar-refractivity contribution < 1.29 is 4.39 Å². The lowest BCUT2D eigenvalue weighted by atomic mass is 10.0. The predicted octanol–water partition coefficient (Wildman–Crippen LogP) is 3.84. The van der Waals surface area contributed by atoms with Gasteiger partial charge < -0.3 is 0 Å². The Kier molecular flexibility index (Phi) is 3.55. The van der Waals surface area contributed by atoms with E-state index in [1.165, 1.54) is 11.8 Å². The third-order valence-corrected chi connectivity index (χ3v) is 2.81. The van der Waals surface area contributed by atoms with Crippen LogP contribution in [0.25, 0.3) is 0 Å². The van der Waals surface area contributed by atoms with E-state index in [2.05, 4.69) is 6.58 Å². The maximum Gasteiger partial charge on any atom is 0.140 e. The SMILES string of the molecule is C=CC(C)c1cccc(SC)c1F. The Balaban J connectivity index is 3.14. The predicted molar refractivity (Wildman–Crippen MR) is 56.8 cm³/mol. The first kappa shape index (κ1) is 10.3. The minimum absolute atomic E-state index is 0.0760. The Labute approximate surface area is 82.9 Å². The average molecular weight is 196 g/mol. The van der Waals surface area contributed by atoms with E-state index < -0.39 is 0 Å². The fourth-order valence-corrected chi connectivity index (χ4v) is 1.68. The molecular weight excluding hydrogens is 183 g/mol. The number of hydrogen-bond acceptors (Lipinski definition) is 1. The average Bonchev–Trinajstić information content (AvgIpc) is 2.17. The molecule has 0 aliphatic heterocycles. The van der Waals surface area contributed by atoms with Gasteiger partial charge in [0.15, 0.2) is 0 Å². The zero-order chi connectivity index (χ0) is 9.84. The highest BCUT2D eigenvalue weighted by Crippen LogP contribution is 2.26. The van der Waals surface area contributed by atoms with Gasteiger partial charge in [0.25, 0.3) is 0 Å². The van der Waals surface area contributed by atoms with Gasteiger partial charge in [0.2, 0.25) is 0 Å². The van der Waals surface area contributed by atoms with E-state index in [-0.39, 0.29) is 11.7 Å². The lowest BCUT2D eigenvalue weighted by Gasteiger charge is -2.09. The monoisotopic (exact) mass is 196 g/mol. The van der Waals surface area contributed by atoms with Crippen molar-refractivity contribution in [3.63, 3.8) is 0 Å². The maximum atomic E-state index is 13.6. The molecule has 0 radical (unpaired) electrons. The van der Waals surface area contributed by atoms with Gasteiger partial charge in [0.05, 0.1) is 0 Å². The van der Waals surface area contributed by atoms with Gasteiger partial charge in [-0.2, -0.15) is 0 Å². The van der Waals surface area contributed by atoms with Crippen LogP contribution in [-0.4, -0.2) is 6.26 Å². The van der Waals surface area contributed by atoms with Crippen molar-refractivity contribution in [2.75, 3.05) is 6.26 Å². The van der Waals surface area contributed by atoms with Gasteiger partial charge in [-0.15, -0.1) is 18.3 Å². The van der Waals surface area contributed by atoms with Crippen LogP contribution < -0.4 is 0 Å². The number of benzene rings is 1. The molecular formula is C11H13FS. The Hall–Kier alpha value is -0.760. The van der Waals surface area contributed by atoms with Crippen molar-refractivity contribution in [1.29, 1.82) is 0 Å². The summed E-state index contributed by atoms with van der Waals surface area (Å²) in [5.74, 6) is -0.0329. The fraction of sp³-hybridized carbons (Fsp3) is 0.273. The molecule has 0 aromatic heterocycles. The zero-order valence-electron chi connectivity index (χ0n) is 7.88. The molecule has 0 nitrogen and oxygen atoms in total. The summed E-state index contributed by atoms with van der Waals surface area (Å²) in [4.78, 5) is 0.700. The van der Waals surface area contributed by atoms with E-state index in [1.54, 1.807) is 18.2 Å². The summed E-state index contributed by atoms with van der Waals surface area (Å²) in [6.45, 7) is 5.60. The minimum atomic E-state index is -0.109. The molecule has 1 atom stereocenters. The summed E-state index contributed by atoms with van der Waals surface area (Å²) < 4.78 is 13.6. The summed E-state index contributed by atoms with van der Waals surface area (Å²) in [6, 6.07) is 5.48. The normalized spacial score (nSPS) is 12.5. The molecule has 0 heterocycles. The standard InChI is InChI=1S/C11H13FS/c1-4-8(2)9-6-5-7-10(13-3)11(9)12/h4-8H,1H2,2-3H3. The Morgan fingerprint density at radius 3 is 2.77 bits per heavy atom. The molecule has 13 heavy (non-hydrogen) atoms. The molecule has 0 bridgehead atoms. The largest absolute Gasteiger partial charge is 0.205 e. The number of hydrogen-bond donors (Lipinski definition) is 0. The molecule has 1 aromatic carbocycles. The van der Waals surface area contributed by atoms with Gasteiger partial charge >= 0.3 is 0 Å². The van der Waals surface area contributed by atoms with Gasteiger partial charge in [-0.3, -0.25) is 0 Å². The molecule has 0 saturated heterocycles.